The van der Waals surface area contributed by atoms with E-state index in [1.54, 1.807) is 24.3 Å². The van der Waals surface area contributed by atoms with E-state index in [0.717, 1.165) is 4.68 Å². The molecule has 0 amide bonds. The number of nitrogens with zero attached hydrogens (tertiary/aromatic N) is 4. The van der Waals surface area contributed by atoms with Crippen LogP contribution in [0.2, 0.25) is 5.02 Å². The summed E-state index contributed by atoms with van der Waals surface area (Å²) >= 11 is 6.14. The third-order valence-corrected chi connectivity index (χ3v) is 3.88. The standard InChI is InChI=1S/C17H17ClN4O3/c1-3-24-15-10-6-8-14(22-17(23)21(2)19-20-22)12(15)11-25-16-9-5-4-7-13(16)18/h4-10H,3,11H2,1-2H3. The lowest BCUT2D eigenvalue weighted by atomic mass is 10.1. The fourth-order valence-corrected chi connectivity index (χ4v) is 2.56. The Bertz CT molecular complexity index is 936. The molecule has 25 heavy (non-hydrogen) atoms. The van der Waals surface area contributed by atoms with Crippen molar-refractivity contribution in [3.8, 4) is 17.2 Å². The second kappa shape index (κ2) is 7.40. The van der Waals surface area contributed by atoms with Gasteiger partial charge in [-0.1, -0.05) is 29.8 Å². The molecule has 0 radical (unpaired) electrons. The lowest BCUT2D eigenvalue weighted by Crippen LogP contribution is -2.23. The van der Waals surface area contributed by atoms with E-state index in [1.807, 2.05) is 25.1 Å². The smallest absolute Gasteiger partial charge is 0.368 e. The summed E-state index contributed by atoms with van der Waals surface area (Å²) in [5, 5.41) is 8.16. The summed E-state index contributed by atoms with van der Waals surface area (Å²) in [4.78, 5) is 12.2. The van der Waals surface area contributed by atoms with Crippen molar-refractivity contribution in [2.24, 2.45) is 7.05 Å². The Labute approximate surface area is 149 Å². The van der Waals surface area contributed by atoms with Gasteiger partial charge in [0.2, 0.25) is 0 Å². The van der Waals surface area contributed by atoms with Crippen molar-refractivity contribution in [3.05, 3.63) is 63.5 Å². The molecular weight excluding hydrogens is 344 g/mol. The van der Waals surface area contributed by atoms with Crippen LogP contribution in [0.4, 0.5) is 0 Å². The van der Waals surface area contributed by atoms with Gasteiger partial charge < -0.3 is 9.47 Å². The van der Waals surface area contributed by atoms with Crippen LogP contribution in [0.3, 0.4) is 0 Å². The molecular formula is C17H17ClN4O3. The minimum atomic E-state index is -0.354. The Kier molecular flexibility index (Phi) is 5.04. The molecule has 8 heteroatoms. The van der Waals surface area contributed by atoms with Gasteiger partial charge in [0.15, 0.2) is 0 Å². The third kappa shape index (κ3) is 3.51. The topological polar surface area (TPSA) is 71.2 Å². The van der Waals surface area contributed by atoms with Gasteiger partial charge in [-0.25, -0.2) is 4.79 Å². The van der Waals surface area contributed by atoms with Gasteiger partial charge in [-0.15, -0.1) is 0 Å². The molecule has 130 valence electrons. The van der Waals surface area contributed by atoms with E-state index in [1.165, 1.54) is 11.7 Å². The third-order valence-electron chi connectivity index (χ3n) is 3.57. The first-order chi connectivity index (χ1) is 12.1. The van der Waals surface area contributed by atoms with E-state index in [-0.39, 0.29) is 12.3 Å². The van der Waals surface area contributed by atoms with Gasteiger partial charge in [0.25, 0.3) is 0 Å². The highest BCUT2D eigenvalue weighted by Crippen LogP contribution is 2.29. The van der Waals surface area contributed by atoms with Gasteiger partial charge in [0.1, 0.15) is 18.1 Å². The van der Waals surface area contributed by atoms with Crippen LogP contribution in [0.5, 0.6) is 11.5 Å². The zero-order valence-electron chi connectivity index (χ0n) is 13.8. The minimum Gasteiger partial charge on any atom is -0.493 e. The molecule has 7 nitrogen and oxygen atoms in total. The molecule has 0 unspecified atom stereocenters. The summed E-state index contributed by atoms with van der Waals surface area (Å²) in [6, 6.07) is 12.6. The first-order valence-electron chi connectivity index (χ1n) is 7.73. The molecule has 0 aliphatic carbocycles. The molecule has 0 fully saturated rings. The molecule has 2 aromatic carbocycles. The first-order valence-corrected chi connectivity index (χ1v) is 8.11. The summed E-state index contributed by atoms with van der Waals surface area (Å²) in [6.07, 6.45) is 0. The predicted octanol–water partition coefficient (Wildman–Crippen LogP) is 2.60. The summed E-state index contributed by atoms with van der Waals surface area (Å²) in [5.41, 5.74) is 0.885. The van der Waals surface area contributed by atoms with Gasteiger partial charge in [0.05, 0.1) is 22.9 Å². The lowest BCUT2D eigenvalue weighted by Gasteiger charge is -2.15. The van der Waals surface area contributed by atoms with Crippen LogP contribution in [-0.2, 0) is 13.7 Å². The number of para-hydroxylation sites is 1. The summed E-state index contributed by atoms with van der Waals surface area (Å²) in [6.45, 7) is 2.54. The zero-order valence-corrected chi connectivity index (χ0v) is 14.6. The van der Waals surface area contributed by atoms with E-state index in [9.17, 15) is 4.79 Å². The maximum atomic E-state index is 12.2. The maximum Gasteiger partial charge on any atom is 0.368 e. The van der Waals surface area contributed by atoms with Crippen LogP contribution in [0.15, 0.2) is 47.3 Å². The van der Waals surface area contributed by atoms with Crippen molar-refractivity contribution in [3.63, 3.8) is 0 Å². The van der Waals surface area contributed by atoms with E-state index in [0.29, 0.717) is 34.4 Å². The average molecular weight is 361 g/mol. The normalized spacial score (nSPS) is 10.7. The van der Waals surface area contributed by atoms with Crippen molar-refractivity contribution in [2.45, 2.75) is 13.5 Å². The maximum absolute atomic E-state index is 12.2. The fraction of sp³-hybridized carbons (Fsp3) is 0.235. The highest BCUT2D eigenvalue weighted by molar-refractivity contribution is 6.32. The molecule has 1 heterocycles. The molecule has 0 aliphatic rings. The molecule has 0 spiro atoms. The van der Waals surface area contributed by atoms with Crippen LogP contribution in [0.1, 0.15) is 12.5 Å². The minimum absolute atomic E-state index is 0.165. The highest BCUT2D eigenvalue weighted by atomic mass is 35.5. The van der Waals surface area contributed by atoms with E-state index in [2.05, 4.69) is 10.4 Å². The molecule has 3 rings (SSSR count). The van der Waals surface area contributed by atoms with E-state index < -0.39 is 0 Å². The number of hydrogen-bond donors (Lipinski definition) is 0. The fourth-order valence-electron chi connectivity index (χ4n) is 2.36. The van der Waals surface area contributed by atoms with Crippen LogP contribution >= 0.6 is 11.6 Å². The molecule has 0 N–H and O–H groups in total. The molecule has 0 bridgehead atoms. The molecule has 3 aromatic rings. The Hall–Kier alpha value is -2.80. The molecule has 0 atom stereocenters. The Morgan fingerprint density at radius 1 is 1.04 bits per heavy atom. The second-order valence-corrected chi connectivity index (χ2v) is 5.61. The van der Waals surface area contributed by atoms with Crippen molar-refractivity contribution < 1.29 is 9.47 Å². The predicted molar refractivity (Wildman–Crippen MR) is 93.6 cm³/mol. The Balaban J connectivity index is 2.02. The second-order valence-electron chi connectivity index (χ2n) is 5.20. The summed E-state index contributed by atoms with van der Waals surface area (Å²) < 4.78 is 13.9. The van der Waals surface area contributed by atoms with Gasteiger partial charge in [0, 0.05) is 7.05 Å². The molecule has 0 aliphatic heterocycles. The number of aromatic nitrogens is 4. The number of rotatable bonds is 6. The van der Waals surface area contributed by atoms with Gasteiger partial charge in [-0.3, -0.25) is 0 Å². The average Bonchev–Trinajstić information content (AvgIpc) is 2.94. The van der Waals surface area contributed by atoms with Crippen LogP contribution in [-0.4, -0.2) is 26.4 Å². The Morgan fingerprint density at radius 3 is 2.48 bits per heavy atom. The lowest BCUT2D eigenvalue weighted by molar-refractivity contribution is 0.286. The largest absolute Gasteiger partial charge is 0.493 e. The number of ether oxygens (including phenoxy) is 2. The summed E-state index contributed by atoms with van der Waals surface area (Å²) in [5.74, 6) is 1.16. The van der Waals surface area contributed by atoms with Gasteiger partial charge >= 0.3 is 5.69 Å². The van der Waals surface area contributed by atoms with Crippen LogP contribution in [0.25, 0.3) is 5.69 Å². The van der Waals surface area contributed by atoms with Crippen molar-refractivity contribution in [1.82, 2.24) is 19.8 Å². The van der Waals surface area contributed by atoms with Gasteiger partial charge in [-0.05, 0) is 41.6 Å². The SMILES string of the molecule is CCOc1cccc(-n2nnn(C)c2=O)c1COc1ccccc1Cl. The zero-order chi connectivity index (χ0) is 17.8. The molecule has 0 saturated carbocycles. The number of benzene rings is 2. The number of halogens is 1. The number of tetrazole rings is 1. The van der Waals surface area contributed by atoms with Gasteiger partial charge in [-0.2, -0.15) is 9.36 Å². The van der Waals surface area contributed by atoms with Crippen molar-refractivity contribution in [2.75, 3.05) is 6.61 Å². The summed E-state index contributed by atoms with van der Waals surface area (Å²) in [7, 11) is 1.54. The monoisotopic (exact) mass is 360 g/mol. The van der Waals surface area contributed by atoms with E-state index in [4.69, 9.17) is 21.1 Å². The first kappa shape index (κ1) is 17.0. The van der Waals surface area contributed by atoms with Crippen molar-refractivity contribution in [1.29, 1.82) is 0 Å². The van der Waals surface area contributed by atoms with Crippen LogP contribution in [0, 0.1) is 0 Å². The quantitative estimate of drug-likeness (QED) is 0.675. The Morgan fingerprint density at radius 2 is 1.80 bits per heavy atom. The number of hydrogen-bond acceptors (Lipinski definition) is 5. The van der Waals surface area contributed by atoms with Crippen molar-refractivity contribution >= 4 is 11.6 Å². The highest BCUT2D eigenvalue weighted by Gasteiger charge is 2.16. The number of aryl methyl sites for hydroxylation is 1. The van der Waals surface area contributed by atoms with E-state index >= 15 is 0 Å². The molecule has 1 aromatic heterocycles. The van der Waals surface area contributed by atoms with Crippen LogP contribution < -0.4 is 15.2 Å². The molecule has 0 saturated heterocycles.